The van der Waals surface area contributed by atoms with Crippen molar-refractivity contribution in [1.82, 2.24) is 0 Å². The van der Waals surface area contributed by atoms with Crippen molar-refractivity contribution in [3.63, 3.8) is 0 Å². The van der Waals surface area contributed by atoms with E-state index in [9.17, 15) is 24.6 Å². The number of Topliss-reactive ketones (excluding diaryl/α,β-unsaturated/α-hetero) is 2. The summed E-state index contributed by atoms with van der Waals surface area (Å²) in [6.07, 6.45) is 12.7. The Morgan fingerprint density at radius 2 is 1.90 bits per heavy atom. The SMILES string of the molecule is CCCCC(O)(CO)CC=C[C@H]1CCC(=O)[C@@H]1CCCCCCC(=O)C(=O)OCC. The van der Waals surface area contributed by atoms with Gasteiger partial charge >= 0.3 is 5.97 Å². The van der Waals surface area contributed by atoms with Crippen LogP contribution in [-0.2, 0) is 19.1 Å². The number of ether oxygens (including phenoxy) is 1. The second kappa shape index (κ2) is 14.5. The van der Waals surface area contributed by atoms with Crippen molar-refractivity contribution in [3.8, 4) is 0 Å². The van der Waals surface area contributed by atoms with Crippen LogP contribution in [0.15, 0.2) is 12.2 Å². The molecule has 0 aromatic rings. The fourth-order valence-electron chi connectivity index (χ4n) is 4.07. The fraction of sp³-hybridized carbons (Fsp3) is 0.792. The van der Waals surface area contributed by atoms with Gasteiger partial charge in [0.25, 0.3) is 0 Å². The van der Waals surface area contributed by atoms with E-state index in [2.05, 4.69) is 13.0 Å². The number of esters is 1. The number of carbonyl (C=O) groups is 3. The average Bonchev–Trinajstić information content (AvgIpc) is 3.08. The van der Waals surface area contributed by atoms with Crippen LogP contribution in [-0.4, -0.2) is 46.6 Å². The Hall–Kier alpha value is -1.53. The van der Waals surface area contributed by atoms with E-state index in [1.165, 1.54) is 0 Å². The average molecular weight is 425 g/mol. The van der Waals surface area contributed by atoms with Gasteiger partial charge in [0.15, 0.2) is 0 Å². The minimum absolute atomic E-state index is 0.0280. The van der Waals surface area contributed by atoms with Gasteiger partial charge in [-0.05, 0) is 44.9 Å². The molecule has 1 unspecified atom stereocenters. The summed E-state index contributed by atoms with van der Waals surface area (Å²) in [6.45, 7) is 3.70. The number of rotatable bonds is 16. The highest BCUT2D eigenvalue weighted by atomic mass is 16.5. The van der Waals surface area contributed by atoms with Crippen LogP contribution in [0.1, 0.15) is 90.9 Å². The van der Waals surface area contributed by atoms with E-state index in [4.69, 9.17) is 4.74 Å². The Morgan fingerprint density at radius 1 is 1.17 bits per heavy atom. The first-order chi connectivity index (χ1) is 14.4. The molecule has 172 valence electrons. The molecule has 1 fully saturated rings. The summed E-state index contributed by atoms with van der Waals surface area (Å²) in [5, 5.41) is 19.9. The minimum atomic E-state index is -1.06. The van der Waals surface area contributed by atoms with Gasteiger partial charge in [-0.15, -0.1) is 0 Å². The maximum atomic E-state index is 12.3. The van der Waals surface area contributed by atoms with Crippen LogP contribution < -0.4 is 0 Å². The number of aliphatic hydroxyl groups is 2. The summed E-state index contributed by atoms with van der Waals surface area (Å²) < 4.78 is 4.69. The number of ketones is 2. The van der Waals surface area contributed by atoms with E-state index in [1.54, 1.807) is 6.92 Å². The molecular formula is C24H40O6. The zero-order valence-corrected chi connectivity index (χ0v) is 18.7. The predicted octanol–water partition coefficient (Wildman–Crippen LogP) is 3.91. The topological polar surface area (TPSA) is 101 Å². The van der Waals surface area contributed by atoms with Gasteiger partial charge in [-0.1, -0.05) is 51.2 Å². The van der Waals surface area contributed by atoms with Crippen molar-refractivity contribution in [3.05, 3.63) is 12.2 Å². The van der Waals surface area contributed by atoms with Crippen molar-refractivity contribution in [1.29, 1.82) is 0 Å². The molecule has 1 aliphatic carbocycles. The van der Waals surface area contributed by atoms with Crippen LogP contribution in [0.5, 0.6) is 0 Å². The van der Waals surface area contributed by atoms with E-state index in [0.717, 1.165) is 44.9 Å². The molecule has 1 saturated carbocycles. The summed E-state index contributed by atoms with van der Waals surface area (Å²) in [7, 11) is 0. The van der Waals surface area contributed by atoms with Gasteiger partial charge < -0.3 is 14.9 Å². The number of hydrogen-bond donors (Lipinski definition) is 2. The lowest BCUT2D eigenvalue weighted by Crippen LogP contribution is -2.32. The molecule has 0 radical (unpaired) electrons. The van der Waals surface area contributed by atoms with E-state index >= 15 is 0 Å². The molecule has 0 heterocycles. The van der Waals surface area contributed by atoms with Crippen LogP contribution in [0.3, 0.4) is 0 Å². The van der Waals surface area contributed by atoms with Gasteiger partial charge in [0.1, 0.15) is 5.78 Å². The third kappa shape index (κ3) is 9.52. The van der Waals surface area contributed by atoms with Crippen LogP contribution in [0.2, 0.25) is 0 Å². The second-order valence-electron chi connectivity index (χ2n) is 8.49. The molecule has 0 amide bonds. The Balaban J connectivity index is 2.34. The van der Waals surface area contributed by atoms with Gasteiger partial charge in [-0.25, -0.2) is 4.79 Å². The maximum absolute atomic E-state index is 12.3. The molecule has 0 aliphatic heterocycles. The highest BCUT2D eigenvalue weighted by molar-refractivity contribution is 6.33. The lowest BCUT2D eigenvalue weighted by Gasteiger charge is -2.24. The molecule has 0 aromatic heterocycles. The molecule has 1 aliphatic rings. The smallest absolute Gasteiger partial charge is 0.374 e. The van der Waals surface area contributed by atoms with Crippen LogP contribution in [0, 0.1) is 11.8 Å². The van der Waals surface area contributed by atoms with Gasteiger partial charge in [-0.3, -0.25) is 9.59 Å². The second-order valence-corrected chi connectivity index (χ2v) is 8.49. The Kier molecular flexibility index (Phi) is 12.8. The van der Waals surface area contributed by atoms with Crippen molar-refractivity contribution >= 4 is 17.5 Å². The van der Waals surface area contributed by atoms with Crippen molar-refractivity contribution in [2.45, 2.75) is 96.5 Å². The van der Waals surface area contributed by atoms with Crippen LogP contribution in [0.25, 0.3) is 0 Å². The molecule has 0 bridgehead atoms. The Labute approximate surface area is 181 Å². The molecule has 1 rings (SSSR count). The largest absolute Gasteiger partial charge is 0.460 e. The van der Waals surface area contributed by atoms with Gasteiger partial charge in [0.2, 0.25) is 5.78 Å². The quantitative estimate of drug-likeness (QED) is 0.169. The van der Waals surface area contributed by atoms with Crippen LogP contribution in [0.4, 0.5) is 0 Å². The van der Waals surface area contributed by atoms with Crippen molar-refractivity contribution in [2.24, 2.45) is 11.8 Å². The van der Waals surface area contributed by atoms with Gasteiger partial charge in [-0.2, -0.15) is 0 Å². The maximum Gasteiger partial charge on any atom is 0.374 e. The highest BCUT2D eigenvalue weighted by Crippen LogP contribution is 2.34. The third-order valence-corrected chi connectivity index (χ3v) is 6.00. The minimum Gasteiger partial charge on any atom is -0.460 e. The number of carbonyl (C=O) groups excluding carboxylic acids is 3. The molecule has 0 aromatic carbocycles. The van der Waals surface area contributed by atoms with Crippen LogP contribution >= 0.6 is 0 Å². The zero-order valence-electron chi connectivity index (χ0n) is 18.7. The summed E-state index contributed by atoms with van der Waals surface area (Å²) in [4.78, 5) is 35.1. The van der Waals surface area contributed by atoms with Gasteiger partial charge in [0, 0.05) is 18.8 Å². The molecular weight excluding hydrogens is 384 g/mol. The lowest BCUT2D eigenvalue weighted by molar-refractivity contribution is -0.153. The summed E-state index contributed by atoms with van der Waals surface area (Å²) >= 11 is 0. The number of hydrogen-bond acceptors (Lipinski definition) is 6. The molecule has 30 heavy (non-hydrogen) atoms. The standard InChI is InChI=1S/C24H40O6/c1-3-5-16-24(29,18-25)17-10-11-19-14-15-21(26)20(19)12-8-6-7-9-13-22(27)23(28)30-4-2/h10-11,19-20,25,29H,3-9,12-18H2,1-2H3/t19-,20+,24?/m0/s1. The Morgan fingerprint density at radius 3 is 2.57 bits per heavy atom. The Bertz CT molecular complexity index is 570. The molecule has 6 heteroatoms. The third-order valence-electron chi connectivity index (χ3n) is 6.00. The first-order valence-electron chi connectivity index (χ1n) is 11.6. The molecule has 3 atom stereocenters. The van der Waals surface area contributed by atoms with Gasteiger partial charge in [0.05, 0.1) is 18.8 Å². The summed E-state index contributed by atoms with van der Waals surface area (Å²) in [5.74, 6) is -0.663. The first-order valence-corrected chi connectivity index (χ1v) is 11.6. The first kappa shape index (κ1) is 26.5. The normalized spacial score (nSPS) is 21.1. The van der Waals surface area contributed by atoms with Crippen molar-refractivity contribution in [2.75, 3.05) is 13.2 Å². The number of allylic oxidation sites excluding steroid dienone is 1. The molecule has 0 spiro atoms. The summed E-state index contributed by atoms with van der Waals surface area (Å²) in [5.41, 5.74) is -1.06. The summed E-state index contributed by atoms with van der Waals surface area (Å²) in [6, 6.07) is 0. The predicted molar refractivity (Wildman–Crippen MR) is 116 cm³/mol. The van der Waals surface area contributed by atoms with Crippen molar-refractivity contribution < 1.29 is 29.3 Å². The van der Waals surface area contributed by atoms with E-state index < -0.39 is 17.4 Å². The number of unbranched alkanes of at least 4 members (excludes halogenated alkanes) is 4. The fourth-order valence-corrected chi connectivity index (χ4v) is 4.07. The number of aliphatic hydroxyl groups excluding tert-OH is 1. The van der Waals surface area contributed by atoms with E-state index in [1.807, 2.05) is 6.08 Å². The zero-order chi connectivity index (χ0) is 22.4. The highest BCUT2D eigenvalue weighted by Gasteiger charge is 2.32. The molecule has 2 N–H and O–H groups in total. The van der Waals surface area contributed by atoms with E-state index in [-0.39, 0.29) is 31.5 Å². The lowest BCUT2D eigenvalue weighted by atomic mass is 9.88. The molecule has 6 nitrogen and oxygen atoms in total. The molecule has 0 saturated heterocycles. The monoisotopic (exact) mass is 424 g/mol. The van der Waals surface area contributed by atoms with E-state index in [0.29, 0.717) is 31.5 Å².